The van der Waals surface area contributed by atoms with E-state index >= 15 is 0 Å². The van der Waals surface area contributed by atoms with Gasteiger partial charge in [-0.05, 0) is 96.3 Å². The summed E-state index contributed by atoms with van der Waals surface area (Å²) < 4.78 is 17.3. The second-order valence-corrected chi connectivity index (χ2v) is 19.1. The predicted molar refractivity (Wildman–Crippen MR) is 289 cm³/mol. The highest BCUT2D eigenvalue weighted by atomic mass is 16.6. The molecule has 0 aromatic rings. The molecular formula is C60H102NO7+. The Bertz CT molecular complexity index is 1430. The number of carboxylic acids is 1. The molecule has 2 atom stereocenters. The third-order valence-electron chi connectivity index (χ3n) is 11.7. The molecule has 0 bridgehead atoms. The van der Waals surface area contributed by atoms with E-state index in [4.69, 9.17) is 14.2 Å². The van der Waals surface area contributed by atoms with Crippen LogP contribution < -0.4 is 0 Å². The van der Waals surface area contributed by atoms with Gasteiger partial charge in [-0.3, -0.25) is 9.59 Å². The lowest BCUT2D eigenvalue weighted by Gasteiger charge is -2.31. The van der Waals surface area contributed by atoms with Crippen molar-refractivity contribution in [2.24, 2.45) is 0 Å². The van der Waals surface area contributed by atoms with Crippen LogP contribution in [0.3, 0.4) is 0 Å². The Morgan fingerprint density at radius 1 is 0.456 bits per heavy atom. The summed E-state index contributed by atoms with van der Waals surface area (Å²) in [4.78, 5) is 37.2. The molecule has 2 unspecified atom stereocenters. The molecule has 0 aliphatic carbocycles. The molecule has 0 radical (unpaired) electrons. The number of carbonyl (C=O) groups excluding carboxylic acids is 2. The maximum absolute atomic E-state index is 12.8. The highest BCUT2D eigenvalue weighted by Gasteiger charge is 2.31. The average molecular weight is 949 g/mol. The number of aliphatic carboxylic acids is 1. The first-order valence-electron chi connectivity index (χ1n) is 27.3. The normalized spacial score (nSPS) is 13.6. The quantitative estimate of drug-likeness (QED) is 0.0281. The number of hydrogen-bond donors (Lipinski definition) is 1. The fourth-order valence-electron chi connectivity index (χ4n) is 7.54. The standard InChI is InChI=1S/C60H101NO7/c1-6-8-10-12-14-16-18-20-22-24-26-28-29-31-33-35-37-39-41-43-45-47-49-51-59(63)68-56(54-66-53-52-57(60(64)65)61(3,4)5)55-67-58(62)50-48-46-44-42-40-38-36-34-32-30-27-25-23-21-19-17-15-13-11-9-7-2/h9,11,15,17,21,23,26-28,30-31,33-34,36,40,42,56-57H,6-8,10,12-14,16,18-20,22,24-25,29,32,35,37-39,41,43-55H2,1-5H3/p+1/b11-9+,17-15+,23-21+,28-26+,30-27+,33-31+,36-34+,42-40+. The summed E-state index contributed by atoms with van der Waals surface area (Å²) in [5.74, 6) is -1.54. The lowest BCUT2D eigenvalue weighted by atomic mass is 10.1. The Labute approximate surface area is 417 Å². The van der Waals surface area contributed by atoms with Crippen molar-refractivity contribution in [1.82, 2.24) is 0 Å². The van der Waals surface area contributed by atoms with Crippen LogP contribution in [0, 0.1) is 0 Å². The van der Waals surface area contributed by atoms with Crippen molar-refractivity contribution in [3.8, 4) is 0 Å². The number of carbonyl (C=O) groups is 3. The molecule has 0 aliphatic heterocycles. The van der Waals surface area contributed by atoms with Crippen LogP contribution in [-0.2, 0) is 28.6 Å². The molecule has 8 nitrogen and oxygen atoms in total. The van der Waals surface area contributed by atoms with Gasteiger partial charge in [-0.25, -0.2) is 4.79 Å². The zero-order valence-electron chi connectivity index (χ0n) is 44.3. The number of allylic oxidation sites excluding steroid dienone is 16. The van der Waals surface area contributed by atoms with Crippen molar-refractivity contribution in [2.75, 3.05) is 41.0 Å². The minimum atomic E-state index is -0.885. The number of unbranched alkanes of at least 4 members (excludes halogenated alkanes) is 18. The van der Waals surface area contributed by atoms with Crippen LogP contribution >= 0.6 is 0 Å². The molecule has 0 aromatic carbocycles. The van der Waals surface area contributed by atoms with Gasteiger partial charge in [0.25, 0.3) is 0 Å². The Balaban J connectivity index is 4.33. The second kappa shape index (κ2) is 49.7. The van der Waals surface area contributed by atoms with Crippen molar-refractivity contribution < 1.29 is 38.2 Å². The third kappa shape index (κ3) is 47.3. The van der Waals surface area contributed by atoms with E-state index in [1.54, 1.807) is 0 Å². The molecule has 0 saturated carbocycles. The molecule has 0 aromatic heterocycles. The minimum absolute atomic E-state index is 0.0382. The van der Waals surface area contributed by atoms with Crippen molar-refractivity contribution in [2.45, 2.75) is 225 Å². The number of rotatable bonds is 48. The van der Waals surface area contributed by atoms with Gasteiger partial charge >= 0.3 is 17.9 Å². The van der Waals surface area contributed by atoms with E-state index in [1.807, 2.05) is 21.1 Å². The van der Waals surface area contributed by atoms with E-state index in [0.29, 0.717) is 25.7 Å². The number of esters is 2. The Morgan fingerprint density at radius 2 is 0.824 bits per heavy atom. The van der Waals surface area contributed by atoms with Crippen molar-refractivity contribution >= 4 is 17.9 Å². The molecule has 0 fully saturated rings. The van der Waals surface area contributed by atoms with Gasteiger partial charge in [-0.1, -0.05) is 195 Å². The molecule has 388 valence electrons. The zero-order valence-corrected chi connectivity index (χ0v) is 44.3. The monoisotopic (exact) mass is 949 g/mol. The van der Waals surface area contributed by atoms with Crippen LogP contribution in [0.5, 0.6) is 0 Å². The molecule has 0 rings (SSSR count). The molecule has 0 saturated heterocycles. The lowest BCUT2D eigenvalue weighted by Crippen LogP contribution is -2.50. The predicted octanol–water partition coefficient (Wildman–Crippen LogP) is 16.2. The van der Waals surface area contributed by atoms with E-state index in [0.717, 1.165) is 83.5 Å². The van der Waals surface area contributed by atoms with E-state index in [1.165, 1.54) is 89.9 Å². The lowest BCUT2D eigenvalue weighted by molar-refractivity contribution is -0.887. The maximum atomic E-state index is 12.8. The number of carboxylic acid groups (broad SMARTS) is 1. The number of ether oxygens (including phenoxy) is 3. The van der Waals surface area contributed by atoms with E-state index < -0.39 is 18.1 Å². The van der Waals surface area contributed by atoms with Gasteiger partial charge in [0.05, 0.1) is 34.4 Å². The summed E-state index contributed by atoms with van der Waals surface area (Å²) >= 11 is 0. The van der Waals surface area contributed by atoms with Crippen LogP contribution in [0.1, 0.15) is 213 Å². The maximum Gasteiger partial charge on any atom is 0.362 e. The zero-order chi connectivity index (χ0) is 49.9. The number of quaternary nitrogens is 1. The number of hydrogen-bond acceptors (Lipinski definition) is 6. The van der Waals surface area contributed by atoms with Gasteiger partial charge < -0.3 is 23.8 Å². The average Bonchev–Trinajstić information content (AvgIpc) is 3.30. The highest BCUT2D eigenvalue weighted by Crippen LogP contribution is 2.14. The smallest absolute Gasteiger partial charge is 0.362 e. The first kappa shape index (κ1) is 64.2. The van der Waals surface area contributed by atoms with Crippen LogP contribution in [0.4, 0.5) is 0 Å². The minimum Gasteiger partial charge on any atom is -0.477 e. The molecule has 0 heterocycles. The first-order chi connectivity index (χ1) is 33.1. The van der Waals surface area contributed by atoms with Gasteiger partial charge in [-0.2, -0.15) is 0 Å². The van der Waals surface area contributed by atoms with Crippen molar-refractivity contribution in [3.05, 3.63) is 97.2 Å². The SMILES string of the molecule is CC/C=C/C/C=C/C/C=C/C/C=C/C/C=C/C/C=C/CCCCC(=O)OCC(COCCC(C(=O)O)[N+](C)(C)C)OC(=O)CCCCCCCCC/C=C/C/C=C/CCCCCCCCCCC. The summed E-state index contributed by atoms with van der Waals surface area (Å²) in [6, 6.07) is -0.630. The van der Waals surface area contributed by atoms with Crippen molar-refractivity contribution in [1.29, 1.82) is 0 Å². The van der Waals surface area contributed by atoms with Crippen LogP contribution in [-0.4, -0.2) is 80.6 Å². The summed E-state index contributed by atoms with van der Waals surface area (Å²) in [6.45, 7) is 4.57. The molecule has 8 heteroatoms. The summed E-state index contributed by atoms with van der Waals surface area (Å²) in [5, 5.41) is 9.67. The highest BCUT2D eigenvalue weighted by molar-refractivity contribution is 5.72. The molecule has 68 heavy (non-hydrogen) atoms. The molecular weight excluding hydrogens is 847 g/mol. The van der Waals surface area contributed by atoms with Gasteiger partial charge in [0.2, 0.25) is 0 Å². The molecule has 0 amide bonds. The third-order valence-corrected chi connectivity index (χ3v) is 11.7. The van der Waals surface area contributed by atoms with Gasteiger partial charge in [0.15, 0.2) is 12.1 Å². The number of likely N-dealkylation sites (N-methyl/N-ethyl adjacent to an activating group) is 1. The molecule has 1 N–H and O–H groups in total. The van der Waals surface area contributed by atoms with Gasteiger partial charge in [0, 0.05) is 19.3 Å². The summed E-state index contributed by atoms with van der Waals surface area (Å²) in [5.41, 5.74) is 0. The van der Waals surface area contributed by atoms with E-state index in [9.17, 15) is 19.5 Å². The van der Waals surface area contributed by atoms with E-state index in [2.05, 4.69) is 111 Å². The fraction of sp³-hybridized carbons (Fsp3) is 0.683. The Kier molecular flexibility index (Phi) is 46.9. The van der Waals surface area contributed by atoms with E-state index in [-0.39, 0.29) is 36.2 Å². The summed E-state index contributed by atoms with van der Waals surface area (Å²) in [6.07, 6.45) is 67.5. The second-order valence-electron chi connectivity index (χ2n) is 19.1. The molecule has 0 spiro atoms. The van der Waals surface area contributed by atoms with Crippen LogP contribution in [0.25, 0.3) is 0 Å². The fourth-order valence-corrected chi connectivity index (χ4v) is 7.54. The van der Waals surface area contributed by atoms with Crippen LogP contribution in [0.2, 0.25) is 0 Å². The summed E-state index contributed by atoms with van der Waals surface area (Å²) in [7, 11) is 5.51. The number of nitrogens with zero attached hydrogens (tertiary/aromatic N) is 1. The van der Waals surface area contributed by atoms with Crippen molar-refractivity contribution in [3.63, 3.8) is 0 Å². The largest absolute Gasteiger partial charge is 0.477 e. The van der Waals surface area contributed by atoms with Gasteiger partial charge in [0.1, 0.15) is 6.61 Å². The Morgan fingerprint density at radius 3 is 1.25 bits per heavy atom. The Hall–Kier alpha value is -3.75. The molecule has 0 aliphatic rings. The first-order valence-corrected chi connectivity index (χ1v) is 27.3. The topological polar surface area (TPSA) is 99.1 Å². The van der Waals surface area contributed by atoms with Gasteiger partial charge in [-0.15, -0.1) is 0 Å². The van der Waals surface area contributed by atoms with Crippen LogP contribution in [0.15, 0.2) is 97.2 Å².